The van der Waals surface area contributed by atoms with Gasteiger partial charge in [-0.2, -0.15) is 4.39 Å². The molecule has 0 spiro atoms. The van der Waals surface area contributed by atoms with Crippen LogP contribution in [-0.2, 0) is 6.42 Å². The lowest BCUT2D eigenvalue weighted by atomic mass is 10.2. The molecule has 1 rings (SSSR count). The van der Waals surface area contributed by atoms with E-state index in [9.17, 15) is 22.9 Å². The van der Waals surface area contributed by atoms with Gasteiger partial charge in [-0.3, -0.25) is 4.79 Å². The topological polar surface area (TPSA) is 44.0 Å². The predicted octanol–water partition coefficient (Wildman–Crippen LogP) is 0.177. The van der Waals surface area contributed by atoms with Crippen molar-refractivity contribution in [3.8, 4) is 0 Å². The standard InChI is InChI=1S/C6H5F3N2O2/c1-2-3-4(7)10(8)6(13)11(9)5(3)12/h2H2,1H3. The van der Waals surface area contributed by atoms with Crippen LogP contribution in [-0.4, -0.2) is 9.58 Å². The van der Waals surface area contributed by atoms with E-state index in [0.29, 0.717) is 0 Å². The number of aromatic nitrogens is 2. The summed E-state index contributed by atoms with van der Waals surface area (Å²) in [4.78, 5) is 19.2. The fraction of sp³-hybridized carbons (Fsp3) is 0.333. The molecule has 0 aliphatic heterocycles. The van der Waals surface area contributed by atoms with Crippen LogP contribution in [0.4, 0.5) is 13.4 Å². The van der Waals surface area contributed by atoms with Crippen molar-refractivity contribution in [2.45, 2.75) is 13.3 Å². The van der Waals surface area contributed by atoms with Crippen molar-refractivity contribution in [2.75, 3.05) is 0 Å². The highest BCUT2D eigenvalue weighted by molar-refractivity contribution is 5.06. The van der Waals surface area contributed by atoms with Gasteiger partial charge in [-0.25, -0.2) is 4.79 Å². The third kappa shape index (κ3) is 1.25. The van der Waals surface area contributed by atoms with Gasteiger partial charge in [0.1, 0.15) is 0 Å². The SMILES string of the molecule is CCc1c(F)n(F)c(=O)n(F)c1=O. The third-order valence-electron chi connectivity index (χ3n) is 1.55. The molecule has 13 heavy (non-hydrogen) atoms. The van der Waals surface area contributed by atoms with Gasteiger partial charge in [0.25, 0.3) is 5.56 Å². The molecule has 0 bridgehead atoms. The van der Waals surface area contributed by atoms with Crippen LogP contribution in [0.3, 0.4) is 0 Å². The molecule has 0 fully saturated rings. The summed E-state index contributed by atoms with van der Waals surface area (Å²) in [6.07, 6.45) is -0.196. The van der Waals surface area contributed by atoms with Gasteiger partial charge in [0.2, 0.25) is 5.95 Å². The summed E-state index contributed by atoms with van der Waals surface area (Å²) in [5.41, 5.74) is -4.14. The lowest BCUT2D eigenvalue weighted by Crippen LogP contribution is -2.37. The zero-order chi connectivity index (χ0) is 10.2. The van der Waals surface area contributed by atoms with Crippen LogP contribution < -0.4 is 11.2 Å². The monoisotopic (exact) mass is 194 g/mol. The van der Waals surface area contributed by atoms with Crippen molar-refractivity contribution in [2.24, 2.45) is 0 Å². The van der Waals surface area contributed by atoms with Crippen molar-refractivity contribution < 1.29 is 13.4 Å². The van der Waals surface area contributed by atoms with Crippen molar-refractivity contribution >= 4 is 0 Å². The minimum absolute atomic E-state index is 0.196. The Morgan fingerprint density at radius 1 is 1.23 bits per heavy atom. The zero-order valence-electron chi connectivity index (χ0n) is 6.55. The van der Waals surface area contributed by atoms with Crippen molar-refractivity contribution in [1.29, 1.82) is 0 Å². The number of hydrogen-bond acceptors (Lipinski definition) is 2. The highest BCUT2D eigenvalue weighted by Crippen LogP contribution is 1.99. The van der Waals surface area contributed by atoms with Crippen LogP contribution in [0.1, 0.15) is 12.5 Å². The molecule has 0 saturated carbocycles. The number of halogens is 3. The first-order valence-electron chi connectivity index (χ1n) is 3.39. The highest BCUT2D eigenvalue weighted by Gasteiger charge is 2.17. The second-order valence-corrected chi connectivity index (χ2v) is 2.27. The summed E-state index contributed by atoms with van der Waals surface area (Å²) in [7, 11) is 0. The first-order valence-corrected chi connectivity index (χ1v) is 3.39. The summed E-state index contributed by atoms with van der Waals surface area (Å²) in [6, 6.07) is 0. The van der Waals surface area contributed by atoms with Gasteiger partial charge in [-0.15, -0.1) is 0 Å². The largest absolute Gasteiger partial charge is 0.390 e. The summed E-state index contributed by atoms with van der Waals surface area (Å²) < 4.78 is 37.6. The van der Waals surface area contributed by atoms with E-state index in [1.54, 1.807) is 0 Å². The number of rotatable bonds is 1. The fourth-order valence-electron chi connectivity index (χ4n) is 0.870. The Hall–Kier alpha value is -1.53. The maximum atomic E-state index is 12.7. The Morgan fingerprint density at radius 3 is 2.23 bits per heavy atom. The third-order valence-corrected chi connectivity index (χ3v) is 1.55. The molecule has 0 amide bonds. The molecular weight excluding hydrogens is 189 g/mol. The lowest BCUT2D eigenvalue weighted by Gasteiger charge is -2.00. The molecule has 1 heterocycles. The van der Waals surface area contributed by atoms with Crippen LogP contribution in [0.25, 0.3) is 0 Å². The van der Waals surface area contributed by atoms with Gasteiger partial charge < -0.3 is 0 Å². The zero-order valence-corrected chi connectivity index (χ0v) is 6.55. The molecular formula is C6H5F3N2O2. The molecule has 0 aromatic carbocycles. The molecule has 1 aromatic heterocycles. The number of nitrogens with zero attached hydrogens (tertiary/aromatic N) is 2. The Labute approximate surface area is 69.7 Å². The Balaban J connectivity index is 3.78. The van der Waals surface area contributed by atoms with E-state index in [4.69, 9.17) is 0 Å². The van der Waals surface area contributed by atoms with E-state index in [1.807, 2.05) is 0 Å². The van der Waals surface area contributed by atoms with Gasteiger partial charge in [0.05, 0.1) is 5.56 Å². The van der Waals surface area contributed by atoms with E-state index >= 15 is 0 Å². The molecule has 7 heteroatoms. The van der Waals surface area contributed by atoms with E-state index in [1.165, 1.54) is 6.92 Å². The molecule has 72 valence electrons. The van der Waals surface area contributed by atoms with E-state index in [-0.39, 0.29) is 6.42 Å². The van der Waals surface area contributed by atoms with Crippen LogP contribution in [0, 0.1) is 5.95 Å². The van der Waals surface area contributed by atoms with E-state index in [0.717, 1.165) is 0 Å². The molecule has 0 unspecified atom stereocenters. The summed E-state index contributed by atoms with van der Waals surface area (Å²) >= 11 is 0. The molecule has 4 nitrogen and oxygen atoms in total. The molecule has 0 aliphatic carbocycles. The molecule has 0 N–H and O–H groups in total. The van der Waals surface area contributed by atoms with Crippen molar-refractivity contribution in [3.63, 3.8) is 0 Å². The second kappa shape index (κ2) is 3.08. The maximum absolute atomic E-state index is 12.7. The maximum Gasteiger partial charge on any atom is 0.390 e. The van der Waals surface area contributed by atoms with Crippen LogP contribution >= 0.6 is 0 Å². The fourth-order valence-corrected chi connectivity index (χ4v) is 0.870. The Morgan fingerprint density at radius 2 is 1.77 bits per heavy atom. The number of hydrogen-bond donors (Lipinski definition) is 0. The highest BCUT2D eigenvalue weighted by atomic mass is 19.2. The van der Waals surface area contributed by atoms with Crippen LogP contribution in [0.5, 0.6) is 0 Å². The van der Waals surface area contributed by atoms with Gasteiger partial charge >= 0.3 is 5.69 Å². The van der Waals surface area contributed by atoms with E-state index in [2.05, 4.69) is 0 Å². The normalized spacial score (nSPS) is 10.5. The van der Waals surface area contributed by atoms with E-state index < -0.39 is 32.3 Å². The molecule has 0 aliphatic rings. The summed E-state index contributed by atoms with van der Waals surface area (Å²) in [5.74, 6) is -1.65. The van der Waals surface area contributed by atoms with Crippen molar-refractivity contribution in [3.05, 3.63) is 32.3 Å². The average Bonchev–Trinajstić information content (AvgIpc) is 2.13. The van der Waals surface area contributed by atoms with Gasteiger partial charge in [0.15, 0.2) is 0 Å². The van der Waals surface area contributed by atoms with Crippen LogP contribution in [0.2, 0.25) is 0 Å². The quantitative estimate of drug-likeness (QED) is 0.598. The molecule has 1 aromatic rings. The first kappa shape index (κ1) is 9.56. The van der Waals surface area contributed by atoms with Gasteiger partial charge in [0, 0.05) is 0 Å². The summed E-state index contributed by atoms with van der Waals surface area (Å²) in [5, 5.41) is 0. The second-order valence-electron chi connectivity index (χ2n) is 2.27. The van der Waals surface area contributed by atoms with Crippen molar-refractivity contribution in [1.82, 2.24) is 9.58 Å². The lowest BCUT2D eigenvalue weighted by molar-refractivity contribution is 0.216. The summed E-state index contributed by atoms with van der Waals surface area (Å²) in [6.45, 7) is 1.34. The average molecular weight is 194 g/mol. The van der Waals surface area contributed by atoms with Gasteiger partial charge in [-0.05, 0) is 6.42 Å². The predicted molar refractivity (Wildman–Crippen MR) is 37.3 cm³/mol. The molecule has 0 atom stereocenters. The first-order chi connectivity index (χ1) is 6.00. The van der Waals surface area contributed by atoms with Crippen LogP contribution in [0.15, 0.2) is 9.59 Å². The molecule has 0 radical (unpaired) electrons. The Bertz CT molecular complexity index is 448. The van der Waals surface area contributed by atoms with Gasteiger partial charge in [-0.1, -0.05) is 25.5 Å². The Kier molecular flexibility index (Phi) is 2.26. The molecule has 0 saturated heterocycles. The smallest absolute Gasteiger partial charge is 0.266 e. The minimum atomic E-state index is -1.97. The minimum Gasteiger partial charge on any atom is -0.266 e.